The van der Waals surface area contributed by atoms with E-state index in [0.29, 0.717) is 0 Å². The van der Waals surface area contributed by atoms with Crippen molar-refractivity contribution < 1.29 is 18.3 Å². The van der Waals surface area contributed by atoms with E-state index in [-0.39, 0.29) is 23.6 Å². The molecule has 0 unspecified atom stereocenters. The number of benzene rings is 1. The second kappa shape index (κ2) is 6.68. The summed E-state index contributed by atoms with van der Waals surface area (Å²) in [7, 11) is 1.38. The first-order valence-electron chi connectivity index (χ1n) is 8.18. The number of nitrogens with zero attached hydrogens (tertiary/aromatic N) is 2. The van der Waals surface area contributed by atoms with Crippen molar-refractivity contribution >= 4 is 21.6 Å². The molecule has 2 aromatic heterocycles. The van der Waals surface area contributed by atoms with Crippen molar-refractivity contribution in [2.45, 2.75) is 32.4 Å². The van der Waals surface area contributed by atoms with Crippen molar-refractivity contribution in [1.29, 1.82) is 0 Å². The summed E-state index contributed by atoms with van der Waals surface area (Å²) in [6.45, 7) is -2.65. The molecule has 1 aliphatic carbocycles. The molecule has 3 aromatic rings. The number of methoxy groups -OCH3 is 1. The minimum absolute atomic E-state index is 0.0390. The van der Waals surface area contributed by atoms with E-state index in [4.69, 9.17) is 4.74 Å². The second-order valence-corrected chi connectivity index (χ2v) is 7.16. The van der Waals surface area contributed by atoms with E-state index < -0.39 is 6.61 Å². The molecule has 5 nitrogen and oxygen atoms in total. The van der Waals surface area contributed by atoms with E-state index in [2.05, 4.69) is 9.72 Å². The number of aromatic nitrogens is 2. The topological polar surface area (TPSA) is 53.4 Å². The van der Waals surface area contributed by atoms with Gasteiger partial charge in [0.15, 0.2) is 11.5 Å². The minimum atomic E-state index is -2.93. The second-order valence-electron chi connectivity index (χ2n) is 6.08. The van der Waals surface area contributed by atoms with Crippen LogP contribution in [0.2, 0.25) is 0 Å². The van der Waals surface area contributed by atoms with E-state index in [1.807, 2.05) is 0 Å². The van der Waals surface area contributed by atoms with Crippen molar-refractivity contribution in [2.24, 2.45) is 0 Å². The van der Waals surface area contributed by atoms with Gasteiger partial charge in [-0.25, -0.2) is 4.98 Å². The summed E-state index contributed by atoms with van der Waals surface area (Å²) < 4.78 is 35.9. The Kier molecular flexibility index (Phi) is 4.36. The molecule has 0 saturated carbocycles. The lowest BCUT2D eigenvalue weighted by Gasteiger charge is -2.12. The van der Waals surface area contributed by atoms with Gasteiger partial charge in [0.1, 0.15) is 4.83 Å². The van der Waals surface area contributed by atoms with E-state index in [9.17, 15) is 13.6 Å². The number of thiophene rings is 1. The summed E-state index contributed by atoms with van der Waals surface area (Å²) in [5, 5.41) is 0.717. The number of halogens is 2. The number of fused-ring (bicyclic) bond motifs is 3. The van der Waals surface area contributed by atoms with Crippen LogP contribution in [0.1, 0.15) is 22.4 Å². The summed E-state index contributed by atoms with van der Waals surface area (Å²) in [6, 6.07) is 4.64. The predicted molar refractivity (Wildman–Crippen MR) is 94.6 cm³/mol. The Balaban J connectivity index is 1.69. The summed E-state index contributed by atoms with van der Waals surface area (Å²) in [5.41, 5.74) is 1.80. The maximum atomic E-state index is 12.9. The Morgan fingerprint density at radius 1 is 1.31 bits per heavy atom. The number of hydrogen-bond acceptors (Lipinski definition) is 5. The molecule has 0 aliphatic heterocycles. The highest BCUT2D eigenvalue weighted by Crippen LogP contribution is 2.34. The lowest BCUT2D eigenvalue weighted by molar-refractivity contribution is -0.0512. The van der Waals surface area contributed by atoms with Gasteiger partial charge in [-0.2, -0.15) is 8.78 Å². The van der Waals surface area contributed by atoms with Crippen LogP contribution in [0.4, 0.5) is 8.78 Å². The van der Waals surface area contributed by atoms with Crippen LogP contribution >= 0.6 is 11.3 Å². The van der Waals surface area contributed by atoms with Crippen molar-refractivity contribution in [3.05, 3.63) is 50.9 Å². The highest BCUT2D eigenvalue weighted by atomic mass is 32.1. The highest BCUT2D eigenvalue weighted by Gasteiger charge is 2.21. The largest absolute Gasteiger partial charge is 0.493 e. The smallest absolute Gasteiger partial charge is 0.387 e. The molecule has 1 aromatic carbocycles. The molecule has 136 valence electrons. The summed E-state index contributed by atoms with van der Waals surface area (Å²) >= 11 is 1.60. The van der Waals surface area contributed by atoms with Crippen molar-refractivity contribution in [2.75, 3.05) is 7.11 Å². The molecular formula is C18H16F2N2O3S. The zero-order chi connectivity index (χ0) is 18.3. The predicted octanol–water partition coefficient (Wildman–Crippen LogP) is 3.61. The van der Waals surface area contributed by atoms with Gasteiger partial charge in [0.05, 0.1) is 25.4 Å². The first kappa shape index (κ1) is 17.0. The van der Waals surface area contributed by atoms with Gasteiger partial charge in [-0.1, -0.05) is 6.07 Å². The van der Waals surface area contributed by atoms with Gasteiger partial charge in [-0.05, 0) is 42.5 Å². The number of aryl methyl sites for hydroxylation is 2. The van der Waals surface area contributed by atoms with Gasteiger partial charge in [0.25, 0.3) is 5.56 Å². The average molecular weight is 378 g/mol. The maximum Gasteiger partial charge on any atom is 0.387 e. The van der Waals surface area contributed by atoms with E-state index in [1.165, 1.54) is 28.9 Å². The van der Waals surface area contributed by atoms with Crippen LogP contribution in [0.3, 0.4) is 0 Å². The normalized spacial score (nSPS) is 13.4. The molecule has 0 N–H and O–H groups in total. The van der Waals surface area contributed by atoms with Crippen molar-refractivity contribution in [1.82, 2.24) is 9.55 Å². The maximum absolute atomic E-state index is 12.9. The van der Waals surface area contributed by atoms with E-state index >= 15 is 0 Å². The summed E-state index contributed by atoms with van der Waals surface area (Å²) in [6.07, 6.45) is 4.54. The summed E-state index contributed by atoms with van der Waals surface area (Å²) in [5.74, 6) is 0.157. The zero-order valence-electron chi connectivity index (χ0n) is 14.0. The van der Waals surface area contributed by atoms with Crippen molar-refractivity contribution in [3.8, 4) is 11.5 Å². The van der Waals surface area contributed by atoms with Crippen molar-refractivity contribution in [3.63, 3.8) is 0 Å². The third-order valence-corrected chi connectivity index (χ3v) is 5.69. The standard InChI is InChI=1S/C18H16F2N2O3S/c1-24-13-7-10(5-6-12(13)25-18(19)20)8-22-9-21-16-15(17(22)23)11-3-2-4-14(11)26-16/h5-7,9,18H,2-4,8H2,1H3. The fraction of sp³-hybridized carbons (Fsp3) is 0.333. The van der Waals surface area contributed by atoms with Gasteiger partial charge < -0.3 is 9.47 Å². The van der Waals surface area contributed by atoms with Crippen LogP contribution < -0.4 is 15.0 Å². The molecule has 0 atom stereocenters. The SMILES string of the molecule is COc1cc(Cn2cnc3sc4c(c3c2=O)CCC4)ccc1OC(F)F. The molecular weight excluding hydrogens is 362 g/mol. The van der Waals surface area contributed by atoms with Gasteiger partial charge in [0, 0.05) is 4.88 Å². The fourth-order valence-electron chi connectivity index (χ4n) is 3.33. The Hall–Kier alpha value is -2.48. The van der Waals surface area contributed by atoms with E-state index in [1.54, 1.807) is 23.5 Å². The molecule has 0 fully saturated rings. The molecule has 2 heterocycles. The van der Waals surface area contributed by atoms with Gasteiger partial charge in [-0.3, -0.25) is 9.36 Å². The molecule has 0 bridgehead atoms. The van der Waals surface area contributed by atoms with Crippen LogP contribution in [-0.2, 0) is 19.4 Å². The molecule has 26 heavy (non-hydrogen) atoms. The first-order chi connectivity index (χ1) is 12.6. The van der Waals surface area contributed by atoms with Crippen LogP contribution in [0.25, 0.3) is 10.2 Å². The highest BCUT2D eigenvalue weighted by molar-refractivity contribution is 7.18. The average Bonchev–Trinajstić information content (AvgIpc) is 3.19. The molecule has 4 rings (SSSR count). The zero-order valence-corrected chi connectivity index (χ0v) is 14.8. The Labute approximate surface area is 151 Å². The molecule has 0 amide bonds. The van der Waals surface area contributed by atoms with E-state index in [0.717, 1.165) is 40.6 Å². The molecule has 0 spiro atoms. The number of ether oxygens (including phenoxy) is 2. The lowest BCUT2D eigenvalue weighted by atomic mass is 10.2. The molecule has 0 radical (unpaired) electrons. The Bertz CT molecular complexity index is 1030. The Morgan fingerprint density at radius 2 is 2.15 bits per heavy atom. The molecule has 0 saturated heterocycles. The number of alkyl halides is 2. The quantitative estimate of drug-likeness (QED) is 0.681. The minimum Gasteiger partial charge on any atom is -0.493 e. The van der Waals surface area contributed by atoms with Gasteiger partial charge >= 0.3 is 6.61 Å². The monoisotopic (exact) mass is 378 g/mol. The van der Waals surface area contributed by atoms with Gasteiger partial charge in [-0.15, -0.1) is 11.3 Å². The fourth-order valence-corrected chi connectivity index (χ4v) is 4.55. The molecule has 8 heteroatoms. The van der Waals surface area contributed by atoms with Crippen LogP contribution in [0.5, 0.6) is 11.5 Å². The van der Waals surface area contributed by atoms with Gasteiger partial charge in [0.2, 0.25) is 0 Å². The lowest BCUT2D eigenvalue weighted by Crippen LogP contribution is -2.21. The van der Waals surface area contributed by atoms with Crippen LogP contribution in [-0.4, -0.2) is 23.3 Å². The Morgan fingerprint density at radius 3 is 2.92 bits per heavy atom. The summed E-state index contributed by atoms with van der Waals surface area (Å²) in [4.78, 5) is 19.4. The number of rotatable bonds is 5. The first-order valence-corrected chi connectivity index (χ1v) is 9.00. The molecule has 1 aliphatic rings. The number of hydrogen-bond donors (Lipinski definition) is 0. The van der Waals surface area contributed by atoms with Crippen LogP contribution in [0, 0.1) is 0 Å². The van der Waals surface area contributed by atoms with Crippen LogP contribution in [0.15, 0.2) is 29.3 Å². The third kappa shape index (κ3) is 2.94. The third-order valence-electron chi connectivity index (χ3n) is 4.49.